The number of aromatic nitrogens is 2. The molecule has 3 rings (SSSR count). The Labute approximate surface area is 142 Å². The van der Waals surface area contributed by atoms with Crippen molar-refractivity contribution in [2.75, 3.05) is 42.9 Å². The molecule has 24 heavy (non-hydrogen) atoms. The van der Waals surface area contributed by atoms with Crippen molar-refractivity contribution in [1.82, 2.24) is 14.9 Å². The molecule has 0 atom stereocenters. The van der Waals surface area contributed by atoms with Crippen LogP contribution in [0.3, 0.4) is 0 Å². The third-order valence-electron chi connectivity index (χ3n) is 4.15. The molecule has 1 N–H and O–H groups in total. The molecule has 1 aliphatic heterocycles. The Balaban J connectivity index is 1.60. The summed E-state index contributed by atoms with van der Waals surface area (Å²) in [6.45, 7) is 5.79. The van der Waals surface area contributed by atoms with Gasteiger partial charge in [0.2, 0.25) is 12.4 Å². The first-order valence-electron chi connectivity index (χ1n) is 8.32. The van der Waals surface area contributed by atoms with E-state index in [0.717, 1.165) is 63.0 Å². The normalized spacial score (nSPS) is 14.5. The third kappa shape index (κ3) is 4.22. The van der Waals surface area contributed by atoms with E-state index in [1.807, 2.05) is 19.1 Å². The van der Waals surface area contributed by atoms with Crippen molar-refractivity contribution in [2.45, 2.75) is 13.3 Å². The summed E-state index contributed by atoms with van der Waals surface area (Å²) in [4.78, 5) is 23.9. The van der Waals surface area contributed by atoms with Gasteiger partial charge in [0.15, 0.2) is 0 Å². The number of hydrogen-bond donors (Lipinski definition) is 1. The Bertz CT molecular complexity index is 668. The molecule has 0 bridgehead atoms. The summed E-state index contributed by atoms with van der Waals surface area (Å²) in [5, 5.41) is 3.39. The molecule has 1 amide bonds. The molecular formula is C18H23N5O. The third-order valence-corrected chi connectivity index (χ3v) is 4.15. The monoisotopic (exact) mass is 325 g/mol. The summed E-state index contributed by atoms with van der Waals surface area (Å²) in [5.74, 6) is 1.59. The fourth-order valence-corrected chi connectivity index (χ4v) is 2.79. The Kier molecular flexibility index (Phi) is 5.25. The molecule has 0 saturated carbocycles. The molecule has 0 aliphatic carbocycles. The number of carbonyl (C=O) groups is 1. The van der Waals surface area contributed by atoms with Crippen LogP contribution in [0.4, 0.5) is 11.8 Å². The van der Waals surface area contributed by atoms with Gasteiger partial charge in [0.05, 0.1) is 0 Å². The van der Waals surface area contributed by atoms with Gasteiger partial charge < -0.3 is 15.1 Å². The van der Waals surface area contributed by atoms with Gasteiger partial charge in [-0.2, -0.15) is 4.98 Å². The quantitative estimate of drug-likeness (QED) is 0.820. The van der Waals surface area contributed by atoms with Crippen LogP contribution < -0.4 is 10.2 Å². The SMILES string of the molecule is Cc1cc(NCCc2ccccc2)nc(N2CCN(C=O)CC2)n1. The maximum absolute atomic E-state index is 10.8. The van der Waals surface area contributed by atoms with Crippen LogP contribution in [0.1, 0.15) is 11.3 Å². The van der Waals surface area contributed by atoms with E-state index in [2.05, 4.69) is 44.5 Å². The average Bonchev–Trinajstić information content (AvgIpc) is 2.62. The molecule has 1 aromatic carbocycles. The fourth-order valence-electron chi connectivity index (χ4n) is 2.79. The molecule has 0 radical (unpaired) electrons. The van der Waals surface area contributed by atoms with Gasteiger partial charge in [0.25, 0.3) is 0 Å². The lowest BCUT2D eigenvalue weighted by molar-refractivity contribution is -0.118. The number of amides is 1. The largest absolute Gasteiger partial charge is 0.370 e. The van der Waals surface area contributed by atoms with Crippen molar-refractivity contribution in [3.63, 3.8) is 0 Å². The molecular weight excluding hydrogens is 302 g/mol. The fraction of sp³-hybridized carbons (Fsp3) is 0.389. The minimum Gasteiger partial charge on any atom is -0.370 e. The van der Waals surface area contributed by atoms with Crippen LogP contribution in [-0.4, -0.2) is 54.0 Å². The summed E-state index contributed by atoms with van der Waals surface area (Å²) >= 11 is 0. The van der Waals surface area contributed by atoms with Gasteiger partial charge in [-0.3, -0.25) is 4.79 Å². The van der Waals surface area contributed by atoms with E-state index in [1.54, 1.807) is 4.90 Å². The number of aryl methyl sites for hydroxylation is 1. The number of hydrogen-bond acceptors (Lipinski definition) is 5. The van der Waals surface area contributed by atoms with Crippen molar-refractivity contribution < 1.29 is 4.79 Å². The zero-order chi connectivity index (χ0) is 16.8. The number of piperazine rings is 1. The summed E-state index contributed by atoms with van der Waals surface area (Å²) in [5.41, 5.74) is 2.25. The van der Waals surface area contributed by atoms with E-state index >= 15 is 0 Å². The summed E-state index contributed by atoms with van der Waals surface area (Å²) in [6, 6.07) is 12.4. The summed E-state index contributed by atoms with van der Waals surface area (Å²) in [7, 11) is 0. The highest BCUT2D eigenvalue weighted by Crippen LogP contribution is 2.15. The molecule has 1 fully saturated rings. The smallest absolute Gasteiger partial charge is 0.227 e. The molecule has 1 aromatic heterocycles. The average molecular weight is 325 g/mol. The van der Waals surface area contributed by atoms with Crippen LogP contribution in [0.2, 0.25) is 0 Å². The van der Waals surface area contributed by atoms with Crippen molar-refractivity contribution in [3.05, 3.63) is 47.7 Å². The van der Waals surface area contributed by atoms with Gasteiger partial charge in [-0.25, -0.2) is 4.98 Å². The molecule has 1 aliphatic rings. The molecule has 126 valence electrons. The van der Waals surface area contributed by atoms with Crippen LogP contribution >= 0.6 is 0 Å². The molecule has 6 heteroatoms. The zero-order valence-corrected chi connectivity index (χ0v) is 14.0. The van der Waals surface area contributed by atoms with Crippen LogP contribution in [0.15, 0.2) is 36.4 Å². The van der Waals surface area contributed by atoms with E-state index in [9.17, 15) is 4.79 Å². The van der Waals surface area contributed by atoms with E-state index in [-0.39, 0.29) is 0 Å². The summed E-state index contributed by atoms with van der Waals surface area (Å²) in [6.07, 6.45) is 1.86. The Morgan fingerprint density at radius 2 is 1.88 bits per heavy atom. The highest BCUT2D eigenvalue weighted by molar-refractivity contribution is 5.49. The maximum Gasteiger partial charge on any atom is 0.227 e. The minimum absolute atomic E-state index is 0.720. The van der Waals surface area contributed by atoms with Gasteiger partial charge in [0.1, 0.15) is 5.82 Å². The second-order valence-corrected chi connectivity index (χ2v) is 5.99. The van der Waals surface area contributed by atoms with Gasteiger partial charge >= 0.3 is 0 Å². The Morgan fingerprint density at radius 1 is 1.12 bits per heavy atom. The standard InChI is InChI=1S/C18H23N5O/c1-15-13-17(19-8-7-16-5-3-2-4-6-16)21-18(20-15)23-11-9-22(14-24)10-12-23/h2-6,13-14H,7-12H2,1H3,(H,19,20,21). The number of nitrogens with one attached hydrogen (secondary N) is 1. The first-order chi connectivity index (χ1) is 11.7. The molecule has 2 aromatic rings. The second kappa shape index (κ2) is 7.77. The minimum atomic E-state index is 0.720. The number of anilines is 2. The first kappa shape index (κ1) is 16.2. The molecule has 0 spiro atoms. The second-order valence-electron chi connectivity index (χ2n) is 5.99. The Hall–Kier alpha value is -2.63. The van der Waals surface area contributed by atoms with E-state index in [1.165, 1.54) is 5.56 Å². The highest BCUT2D eigenvalue weighted by Gasteiger charge is 2.18. The van der Waals surface area contributed by atoms with Crippen LogP contribution in [0.25, 0.3) is 0 Å². The molecule has 2 heterocycles. The highest BCUT2D eigenvalue weighted by atomic mass is 16.1. The number of rotatable bonds is 6. The first-order valence-corrected chi connectivity index (χ1v) is 8.32. The van der Waals surface area contributed by atoms with Gasteiger partial charge in [-0.1, -0.05) is 30.3 Å². The lowest BCUT2D eigenvalue weighted by atomic mass is 10.1. The van der Waals surface area contributed by atoms with Crippen molar-refractivity contribution in [2.24, 2.45) is 0 Å². The van der Waals surface area contributed by atoms with Crippen molar-refractivity contribution in [3.8, 4) is 0 Å². The van der Waals surface area contributed by atoms with E-state index < -0.39 is 0 Å². The van der Waals surface area contributed by atoms with E-state index in [4.69, 9.17) is 0 Å². The summed E-state index contributed by atoms with van der Waals surface area (Å²) < 4.78 is 0. The van der Waals surface area contributed by atoms with Gasteiger partial charge in [0, 0.05) is 44.5 Å². The van der Waals surface area contributed by atoms with Crippen LogP contribution in [0.5, 0.6) is 0 Å². The Morgan fingerprint density at radius 3 is 2.58 bits per heavy atom. The van der Waals surface area contributed by atoms with Crippen LogP contribution in [0, 0.1) is 6.92 Å². The van der Waals surface area contributed by atoms with Gasteiger partial charge in [-0.15, -0.1) is 0 Å². The maximum atomic E-state index is 10.8. The zero-order valence-electron chi connectivity index (χ0n) is 14.0. The lowest BCUT2D eigenvalue weighted by Crippen LogP contribution is -2.46. The van der Waals surface area contributed by atoms with E-state index in [0.29, 0.717) is 0 Å². The van der Waals surface area contributed by atoms with Crippen molar-refractivity contribution in [1.29, 1.82) is 0 Å². The predicted molar refractivity (Wildman–Crippen MR) is 95.3 cm³/mol. The van der Waals surface area contributed by atoms with Crippen LogP contribution in [-0.2, 0) is 11.2 Å². The lowest BCUT2D eigenvalue weighted by Gasteiger charge is -2.32. The number of carbonyl (C=O) groups excluding carboxylic acids is 1. The van der Waals surface area contributed by atoms with Crippen molar-refractivity contribution >= 4 is 18.2 Å². The molecule has 0 unspecified atom stereocenters. The molecule has 1 saturated heterocycles. The number of benzene rings is 1. The molecule has 6 nitrogen and oxygen atoms in total. The topological polar surface area (TPSA) is 61.4 Å². The number of nitrogens with zero attached hydrogens (tertiary/aromatic N) is 4. The predicted octanol–water partition coefficient (Wildman–Crippen LogP) is 1.72. The van der Waals surface area contributed by atoms with Gasteiger partial charge in [-0.05, 0) is 18.9 Å².